The molecule has 0 spiro atoms. The zero-order valence-electron chi connectivity index (χ0n) is 10.0. The van der Waals surface area contributed by atoms with Crippen LogP contribution in [0, 0.1) is 0 Å². The van der Waals surface area contributed by atoms with Crippen LogP contribution >= 0.6 is 0 Å². The Morgan fingerprint density at radius 2 is 2.35 bits per heavy atom. The summed E-state index contributed by atoms with van der Waals surface area (Å²) in [6, 6.07) is 5.82. The van der Waals surface area contributed by atoms with E-state index in [1.54, 1.807) is 19.1 Å². The fraction of sp³-hybridized carbons (Fsp3) is 0.417. The standard InChI is InChI=1S/C12H16N2O3/c1-14-10-5-9(6-13-8-16-2)3-4-11(10)17-7-12(14)15/h3-5,13H,6-8H2,1-2H3. The quantitative estimate of drug-likeness (QED) is 0.618. The first-order valence-electron chi connectivity index (χ1n) is 5.44. The van der Waals surface area contributed by atoms with Gasteiger partial charge in [0.25, 0.3) is 5.91 Å². The molecular formula is C12H16N2O3. The number of hydrogen-bond acceptors (Lipinski definition) is 4. The summed E-state index contributed by atoms with van der Waals surface area (Å²) in [5, 5.41) is 3.12. The number of nitrogens with one attached hydrogen (secondary N) is 1. The molecule has 1 heterocycles. The molecule has 17 heavy (non-hydrogen) atoms. The van der Waals surface area contributed by atoms with Crippen LogP contribution in [0.3, 0.4) is 0 Å². The maximum Gasteiger partial charge on any atom is 0.264 e. The van der Waals surface area contributed by atoms with Crippen LogP contribution in [0.5, 0.6) is 5.75 Å². The lowest BCUT2D eigenvalue weighted by Crippen LogP contribution is -2.35. The van der Waals surface area contributed by atoms with Crippen molar-refractivity contribution in [3.05, 3.63) is 23.8 Å². The van der Waals surface area contributed by atoms with Crippen molar-refractivity contribution < 1.29 is 14.3 Å². The van der Waals surface area contributed by atoms with Gasteiger partial charge in [0.1, 0.15) is 5.75 Å². The molecule has 92 valence electrons. The highest BCUT2D eigenvalue weighted by Gasteiger charge is 2.21. The molecule has 2 rings (SSSR count). The summed E-state index contributed by atoms with van der Waals surface area (Å²) in [5.41, 5.74) is 1.91. The lowest BCUT2D eigenvalue weighted by Gasteiger charge is -2.26. The minimum atomic E-state index is -0.0282. The van der Waals surface area contributed by atoms with Crippen molar-refractivity contribution in [2.24, 2.45) is 0 Å². The van der Waals surface area contributed by atoms with Crippen LogP contribution in [-0.2, 0) is 16.1 Å². The Labute approximate surface area is 100 Å². The van der Waals surface area contributed by atoms with E-state index in [4.69, 9.17) is 9.47 Å². The smallest absolute Gasteiger partial charge is 0.264 e. The number of anilines is 1. The Balaban J connectivity index is 2.14. The van der Waals surface area contributed by atoms with Crippen LogP contribution in [0.4, 0.5) is 5.69 Å². The molecule has 0 bridgehead atoms. The largest absolute Gasteiger partial charge is 0.482 e. The third-order valence-electron chi connectivity index (χ3n) is 2.69. The molecular weight excluding hydrogens is 220 g/mol. The molecule has 0 saturated carbocycles. The minimum absolute atomic E-state index is 0.0282. The van der Waals surface area contributed by atoms with E-state index in [0.717, 1.165) is 17.0 Å². The molecule has 0 aromatic heterocycles. The number of hydrogen-bond donors (Lipinski definition) is 1. The summed E-state index contributed by atoms with van der Waals surface area (Å²) in [5.74, 6) is 0.724. The minimum Gasteiger partial charge on any atom is -0.482 e. The van der Waals surface area contributed by atoms with Gasteiger partial charge in [0.15, 0.2) is 6.61 Å². The van der Waals surface area contributed by atoms with Crippen molar-refractivity contribution in [1.82, 2.24) is 5.32 Å². The number of benzene rings is 1. The Morgan fingerprint density at radius 1 is 1.53 bits per heavy atom. The van der Waals surface area contributed by atoms with Gasteiger partial charge in [-0.15, -0.1) is 0 Å². The summed E-state index contributed by atoms with van der Waals surface area (Å²) in [6.45, 7) is 1.32. The van der Waals surface area contributed by atoms with E-state index in [0.29, 0.717) is 13.3 Å². The van der Waals surface area contributed by atoms with E-state index >= 15 is 0 Å². The highest BCUT2D eigenvalue weighted by Crippen LogP contribution is 2.31. The fourth-order valence-electron chi connectivity index (χ4n) is 1.73. The van der Waals surface area contributed by atoms with Crippen molar-refractivity contribution >= 4 is 11.6 Å². The number of carbonyl (C=O) groups excluding carboxylic acids is 1. The van der Waals surface area contributed by atoms with E-state index in [1.807, 2.05) is 18.2 Å². The van der Waals surface area contributed by atoms with Gasteiger partial charge >= 0.3 is 0 Å². The molecule has 1 aromatic rings. The average Bonchev–Trinajstić information content (AvgIpc) is 2.35. The normalized spacial score (nSPS) is 14.5. The molecule has 1 aliphatic rings. The lowest BCUT2D eigenvalue weighted by molar-refractivity contribution is -0.120. The van der Waals surface area contributed by atoms with Crippen LogP contribution in [0.2, 0.25) is 0 Å². The molecule has 5 heteroatoms. The summed E-state index contributed by atoms with van der Waals surface area (Å²) >= 11 is 0. The molecule has 0 atom stereocenters. The summed E-state index contributed by atoms with van der Waals surface area (Å²) in [7, 11) is 3.40. The van der Waals surface area contributed by atoms with Crippen LogP contribution in [0.15, 0.2) is 18.2 Å². The van der Waals surface area contributed by atoms with Gasteiger partial charge in [-0.25, -0.2) is 0 Å². The molecule has 1 aromatic carbocycles. The van der Waals surface area contributed by atoms with Crippen LogP contribution in [-0.4, -0.2) is 33.4 Å². The van der Waals surface area contributed by atoms with E-state index in [2.05, 4.69) is 5.32 Å². The third-order valence-corrected chi connectivity index (χ3v) is 2.69. The van der Waals surface area contributed by atoms with Crippen LogP contribution in [0.1, 0.15) is 5.56 Å². The molecule has 0 saturated heterocycles. The monoisotopic (exact) mass is 236 g/mol. The Bertz CT molecular complexity index is 420. The molecule has 1 N–H and O–H groups in total. The maximum absolute atomic E-state index is 11.5. The zero-order chi connectivity index (χ0) is 12.3. The van der Waals surface area contributed by atoms with Crippen molar-refractivity contribution in [3.8, 4) is 5.75 Å². The first-order valence-corrected chi connectivity index (χ1v) is 5.44. The predicted octanol–water partition coefficient (Wildman–Crippen LogP) is 0.735. The first kappa shape index (κ1) is 11.9. The van der Waals surface area contributed by atoms with E-state index < -0.39 is 0 Å². The fourth-order valence-corrected chi connectivity index (χ4v) is 1.73. The van der Waals surface area contributed by atoms with Gasteiger partial charge in [-0.2, -0.15) is 0 Å². The maximum atomic E-state index is 11.5. The summed E-state index contributed by atoms with van der Waals surface area (Å²) < 4.78 is 10.3. The highest BCUT2D eigenvalue weighted by molar-refractivity contribution is 5.97. The van der Waals surface area contributed by atoms with Gasteiger partial charge in [0.2, 0.25) is 0 Å². The van der Waals surface area contributed by atoms with Gasteiger partial charge in [-0.05, 0) is 17.7 Å². The van der Waals surface area contributed by atoms with Gasteiger partial charge in [0, 0.05) is 20.7 Å². The van der Waals surface area contributed by atoms with Gasteiger partial charge in [0.05, 0.1) is 12.4 Å². The molecule has 0 fully saturated rings. The van der Waals surface area contributed by atoms with E-state index in [9.17, 15) is 4.79 Å². The van der Waals surface area contributed by atoms with Gasteiger partial charge in [-0.3, -0.25) is 10.1 Å². The van der Waals surface area contributed by atoms with Crippen molar-refractivity contribution in [2.45, 2.75) is 6.54 Å². The number of fused-ring (bicyclic) bond motifs is 1. The molecule has 5 nitrogen and oxygen atoms in total. The third kappa shape index (κ3) is 2.57. The lowest BCUT2D eigenvalue weighted by atomic mass is 10.1. The predicted molar refractivity (Wildman–Crippen MR) is 64.1 cm³/mol. The number of methoxy groups -OCH3 is 1. The SMILES string of the molecule is COCNCc1ccc2c(c1)N(C)C(=O)CO2. The molecule has 0 radical (unpaired) electrons. The number of ether oxygens (including phenoxy) is 2. The number of carbonyl (C=O) groups is 1. The van der Waals surface area contributed by atoms with Crippen LogP contribution in [0.25, 0.3) is 0 Å². The first-order chi connectivity index (χ1) is 8.22. The number of rotatable bonds is 4. The van der Waals surface area contributed by atoms with Gasteiger partial charge in [-0.1, -0.05) is 6.07 Å². The summed E-state index contributed by atoms with van der Waals surface area (Å²) in [6.07, 6.45) is 0. The molecule has 1 amide bonds. The second-order valence-electron chi connectivity index (χ2n) is 3.90. The number of amides is 1. The average molecular weight is 236 g/mol. The molecule has 0 aliphatic carbocycles. The number of likely N-dealkylation sites (N-methyl/N-ethyl adjacent to an activating group) is 1. The second kappa shape index (κ2) is 5.16. The highest BCUT2D eigenvalue weighted by atomic mass is 16.5. The Morgan fingerprint density at radius 3 is 3.12 bits per heavy atom. The number of nitrogens with zero attached hydrogens (tertiary/aromatic N) is 1. The van der Waals surface area contributed by atoms with E-state index in [1.165, 1.54) is 0 Å². The second-order valence-corrected chi connectivity index (χ2v) is 3.90. The Hall–Kier alpha value is -1.59. The molecule has 0 unspecified atom stereocenters. The molecule has 1 aliphatic heterocycles. The summed E-state index contributed by atoms with van der Waals surface area (Å²) in [4.78, 5) is 13.1. The Kier molecular flexibility index (Phi) is 3.61. The van der Waals surface area contributed by atoms with Crippen LogP contribution < -0.4 is 15.0 Å². The van der Waals surface area contributed by atoms with Crippen molar-refractivity contribution in [1.29, 1.82) is 0 Å². The van der Waals surface area contributed by atoms with Gasteiger partial charge < -0.3 is 14.4 Å². The van der Waals surface area contributed by atoms with E-state index in [-0.39, 0.29) is 12.5 Å². The topological polar surface area (TPSA) is 50.8 Å². The van der Waals surface area contributed by atoms with Crippen molar-refractivity contribution in [3.63, 3.8) is 0 Å². The zero-order valence-corrected chi connectivity index (χ0v) is 10.0. The van der Waals surface area contributed by atoms with Crippen molar-refractivity contribution in [2.75, 3.05) is 32.4 Å².